The number of rotatable bonds is 9. The Labute approximate surface area is 261 Å². The van der Waals surface area contributed by atoms with Crippen LogP contribution in [0.2, 0.25) is 0 Å². The van der Waals surface area contributed by atoms with Crippen molar-refractivity contribution in [1.82, 2.24) is 0 Å². The van der Waals surface area contributed by atoms with E-state index in [-0.39, 0.29) is 0 Å². The molecule has 19 heteroatoms. The maximum Gasteiger partial charge on any atom is 0.340 e. The number of phenols is 6. The van der Waals surface area contributed by atoms with Crippen LogP contribution in [0.3, 0.4) is 0 Å². The molecule has 8 atom stereocenters. The Morgan fingerprint density at radius 1 is 0.851 bits per heavy atom. The summed E-state index contributed by atoms with van der Waals surface area (Å²) < 4.78 is 15.5. The van der Waals surface area contributed by atoms with Crippen molar-refractivity contribution in [3.8, 4) is 34.5 Å². The topological polar surface area (TPSA) is 336 Å². The number of carbonyl (C=O) groups is 5. The van der Waals surface area contributed by atoms with Crippen LogP contribution < -0.4 is 0 Å². The zero-order chi connectivity index (χ0) is 35.1. The maximum absolute atomic E-state index is 13.6. The van der Waals surface area contributed by atoms with Gasteiger partial charge in [-0.2, -0.15) is 0 Å². The molecule has 0 amide bonds. The summed E-state index contributed by atoms with van der Waals surface area (Å²) in [7, 11) is 0. The molecule has 2 aromatic rings. The quantitative estimate of drug-likeness (QED) is 0.108. The molecule has 0 aromatic heterocycles. The number of phenolic OH excluding ortho intramolecular Hbond substituents is 6. The second-order valence-electron chi connectivity index (χ2n) is 10.7. The molecule has 1 fully saturated rings. The maximum atomic E-state index is 13.6. The minimum absolute atomic E-state index is 0.520. The molecule has 1 saturated heterocycles. The van der Waals surface area contributed by atoms with Gasteiger partial charge in [0.25, 0.3) is 0 Å². The van der Waals surface area contributed by atoms with Gasteiger partial charge in [0.05, 0.1) is 30.4 Å². The first-order valence-electron chi connectivity index (χ1n) is 13.5. The number of aliphatic hydroxyl groups is 3. The monoisotopic (exact) mass is 668 g/mol. The number of aliphatic carboxylic acids is 2. The molecule has 4 rings (SSSR count). The third kappa shape index (κ3) is 6.49. The Kier molecular flexibility index (Phi) is 9.66. The zero-order valence-corrected chi connectivity index (χ0v) is 23.7. The van der Waals surface area contributed by atoms with Gasteiger partial charge in [-0.05, 0) is 18.2 Å². The first kappa shape index (κ1) is 34.5. The zero-order valence-electron chi connectivity index (χ0n) is 23.7. The second kappa shape index (κ2) is 13.2. The Morgan fingerprint density at radius 2 is 1.45 bits per heavy atom. The van der Waals surface area contributed by atoms with Gasteiger partial charge in [0.1, 0.15) is 18.3 Å². The average molecular weight is 669 g/mol. The molecular weight excluding hydrogens is 640 g/mol. The molecule has 1 aliphatic carbocycles. The molecule has 1 aliphatic heterocycles. The standard InChI is InChI=1S/C28H28O19/c29-6-15-24(22(39)23(40)28(45-15)47-26(43)7-1-12(31)19(36)13(32)2-7)46-27(44)10-4-11(30)8-3-14(33)20(37)21(38)18(8)17(10)9(25(41)42)5-16(34)35/h1-3,9-10,15,17,22-24,28-29,31-33,36-40H,4-6H2,(H,34,35)(H,41,42)/t9?,10?,15-,17?,22-,23-,24-,28+/m1/s1. The Bertz CT molecular complexity index is 1590. The Morgan fingerprint density at radius 3 is 2.00 bits per heavy atom. The highest BCUT2D eigenvalue weighted by molar-refractivity contribution is 6.03. The van der Waals surface area contributed by atoms with Crippen LogP contribution in [0.4, 0.5) is 0 Å². The third-order valence-corrected chi connectivity index (χ3v) is 7.82. The Hall–Kier alpha value is -5.37. The van der Waals surface area contributed by atoms with Gasteiger partial charge in [0.15, 0.2) is 40.6 Å². The van der Waals surface area contributed by atoms with E-state index in [4.69, 9.17) is 14.2 Å². The summed E-state index contributed by atoms with van der Waals surface area (Å²) in [4.78, 5) is 62.9. The van der Waals surface area contributed by atoms with E-state index in [9.17, 15) is 80.1 Å². The van der Waals surface area contributed by atoms with Gasteiger partial charge in [0.2, 0.25) is 12.0 Å². The Balaban J connectivity index is 1.64. The van der Waals surface area contributed by atoms with E-state index in [1.54, 1.807) is 0 Å². The van der Waals surface area contributed by atoms with Gasteiger partial charge in [-0.1, -0.05) is 0 Å². The fourth-order valence-corrected chi connectivity index (χ4v) is 5.55. The lowest BCUT2D eigenvalue weighted by Gasteiger charge is -2.42. The molecular formula is C28H28O19. The number of ketones is 1. The molecule has 47 heavy (non-hydrogen) atoms. The number of ether oxygens (including phenoxy) is 3. The van der Waals surface area contributed by atoms with Crippen molar-refractivity contribution in [2.45, 2.75) is 49.5 Å². The highest BCUT2D eigenvalue weighted by Gasteiger charge is 2.52. The summed E-state index contributed by atoms with van der Waals surface area (Å²) in [5.74, 6) is -19.3. The van der Waals surface area contributed by atoms with E-state index in [0.29, 0.717) is 18.2 Å². The highest BCUT2D eigenvalue weighted by Crippen LogP contribution is 2.52. The van der Waals surface area contributed by atoms with E-state index in [2.05, 4.69) is 0 Å². The summed E-state index contributed by atoms with van der Waals surface area (Å²) in [6.45, 7) is -1.07. The molecule has 19 nitrogen and oxygen atoms in total. The van der Waals surface area contributed by atoms with Crippen molar-refractivity contribution in [2.75, 3.05) is 6.61 Å². The number of carboxylic acid groups (broad SMARTS) is 2. The lowest BCUT2D eigenvalue weighted by atomic mass is 9.67. The van der Waals surface area contributed by atoms with Crippen LogP contribution in [0.25, 0.3) is 0 Å². The van der Waals surface area contributed by atoms with Gasteiger partial charge in [-0.25, -0.2) is 4.79 Å². The molecule has 2 aromatic carbocycles. The van der Waals surface area contributed by atoms with E-state index in [1.807, 2.05) is 0 Å². The molecule has 0 spiro atoms. The summed E-state index contributed by atoms with van der Waals surface area (Å²) in [6.07, 6.45) is -12.3. The van der Waals surface area contributed by atoms with E-state index in [1.165, 1.54) is 0 Å². The number of carboxylic acids is 2. The van der Waals surface area contributed by atoms with Crippen LogP contribution in [0.5, 0.6) is 34.5 Å². The number of carbonyl (C=O) groups excluding carboxylic acids is 3. The van der Waals surface area contributed by atoms with Crippen molar-refractivity contribution in [2.24, 2.45) is 11.8 Å². The molecule has 0 bridgehead atoms. The van der Waals surface area contributed by atoms with Crippen LogP contribution in [0.1, 0.15) is 45.0 Å². The summed E-state index contributed by atoms with van der Waals surface area (Å²) in [6, 6.07) is 2.07. The number of fused-ring (bicyclic) bond motifs is 1. The number of benzene rings is 2. The largest absolute Gasteiger partial charge is 0.504 e. The fraction of sp³-hybridized carbons (Fsp3) is 0.393. The first-order valence-corrected chi connectivity index (χ1v) is 13.5. The van der Waals surface area contributed by atoms with Crippen molar-refractivity contribution in [3.05, 3.63) is 34.9 Å². The highest BCUT2D eigenvalue weighted by atomic mass is 16.7. The van der Waals surface area contributed by atoms with Gasteiger partial charge >= 0.3 is 23.9 Å². The summed E-state index contributed by atoms with van der Waals surface area (Å²) in [5, 5.41) is 110. The van der Waals surface area contributed by atoms with Gasteiger partial charge < -0.3 is 70.4 Å². The summed E-state index contributed by atoms with van der Waals surface area (Å²) >= 11 is 0. The first-order chi connectivity index (χ1) is 22.0. The summed E-state index contributed by atoms with van der Waals surface area (Å²) in [5.41, 5.74) is -1.75. The minimum atomic E-state index is -2.22. The molecule has 1 heterocycles. The van der Waals surface area contributed by atoms with Gasteiger partial charge in [-0.3, -0.25) is 19.2 Å². The SMILES string of the molecule is O=C(O)CC(C(=O)O)C1c2c(cc(O)c(O)c2O)C(=O)CC1C(=O)O[C@H]1[C@H](O)[C@@H](O)[C@H](OC(=O)c2cc(O)c(O)c(O)c2)O[C@@H]1CO. The van der Waals surface area contributed by atoms with Gasteiger partial charge in [-0.15, -0.1) is 0 Å². The predicted octanol–water partition coefficient (Wildman–Crippen LogP) is -1.41. The van der Waals surface area contributed by atoms with Crippen LogP contribution in [0, 0.1) is 11.8 Å². The second-order valence-corrected chi connectivity index (χ2v) is 10.7. The molecule has 11 N–H and O–H groups in total. The lowest BCUT2D eigenvalue weighted by molar-refractivity contribution is -0.289. The molecule has 254 valence electrons. The minimum Gasteiger partial charge on any atom is -0.504 e. The van der Waals surface area contributed by atoms with Crippen LogP contribution in [-0.4, -0.2) is 123 Å². The number of aliphatic hydroxyl groups excluding tert-OH is 3. The number of hydrogen-bond acceptors (Lipinski definition) is 17. The van der Waals surface area contributed by atoms with E-state index < -0.39 is 149 Å². The number of Topliss-reactive ketones (excluding diaryl/α,β-unsaturated/α-hetero) is 1. The predicted molar refractivity (Wildman–Crippen MR) is 144 cm³/mol. The fourth-order valence-electron chi connectivity index (χ4n) is 5.55. The average Bonchev–Trinajstić information content (AvgIpc) is 3.00. The molecule has 0 radical (unpaired) electrons. The van der Waals surface area contributed by atoms with Crippen molar-refractivity contribution < 1.29 is 94.4 Å². The van der Waals surface area contributed by atoms with Gasteiger partial charge in [0, 0.05) is 23.5 Å². The lowest BCUT2D eigenvalue weighted by Crippen LogP contribution is -2.61. The van der Waals surface area contributed by atoms with E-state index in [0.717, 1.165) is 0 Å². The number of hydrogen-bond donors (Lipinski definition) is 11. The van der Waals surface area contributed by atoms with Crippen LogP contribution in [-0.2, 0) is 28.6 Å². The number of esters is 2. The number of aromatic hydroxyl groups is 6. The van der Waals surface area contributed by atoms with Crippen molar-refractivity contribution in [3.63, 3.8) is 0 Å². The normalized spacial score (nSPS) is 26.1. The van der Waals surface area contributed by atoms with Crippen molar-refractivity contribution in [1.29, 1.82) is 0 Å². The smallest absolute Gasteiger partial charge is 0.340 e. The molecule has 2 aliphatic rings. The molecule has 0 saturated carbocycles. The van der Waals surface area contributed by atoms with E-state index >= 15 is 0 Å². The third-order valence-electron chi connectivity index (χ3n) is 7.82. The van der Waals surface area contributed by atoms with Crippen LogP contribution in [0.15, 0.2) is 18.2 Å². The van der Waals surface area contributed by atoms with Crippen molar-refractivity contribution >= 4 is 29.7 Å². The van der Waals surface area contributed by atoms with Crippen LogP contribution >= 0.6 is 0 Å². The molecule has 3 unspecified atom stereocenters.